The van der Waals surface area contributed by atoms with Gasteiger partial charge in [-0.2, -0.15) is 0 Å². The highest BCUT2D eigenvalue weighted by atomic mass is 35.5. The largest absolute Gasteiger partial charge is 0.385 e. The van der Waals surface area contributed by atoms with Gasteiger partial charge in [0.15, 0.2) is 0 Å². The third-order valence-electron chi connectivity index (χ3n) is 3.02. The van der Waals surface area contributed by atoms with Gasteiger partial charge in [0.1, 0.15) is 5.82 Å². The zero-order chi connectivity index (χ0) is 16.7. The maximum Gasteiger partial charge on any atom is 0.252 e. The summed E-state index contributed by atoms with van der Waals surface area (Å²) in [6, 6.07) is 5.95. The smallest absolute Gasteiger partial charge is 0.252 e. The maximum absolute atomic E-state index is 13.1. The highest BCUT2D eigenvalue weighted by Crippen LogP contribution is 2.22. The summed E-state index contributed by atoms with van der Waals surface area (Å²) in [5, 5.41) is 5.84. The lowest BCUT2D eigenvalue weighted by Gasteiger charge is -2.09. The second kappa shape index (κ2) is 8.45. The summed E-state index contributed by atoms with van der Waals surface area (Å²) >= 11 is 5.74. The Morgan fingerprint density at radius 1 is 1.30 bits per heavy atom. The third kappa shape index (κ3) is 5.19. The van der Waals surface area contributed by atoms with Crippen LogP contribution in [-0.4, -0.2) is 31.2 Å². The Morgan fingerprint density at radius 2 is 2.13 bits per heavy atom. The normalized spacial score (nSPS) is 10.4. The van der Waals surface area contributed by atoms with E-state index in [2.05, 4.69) is 15.6 Å². The number of pyridine rings is 1. The van der Waals surface area contributed by atoms with Gasteiger partial charge in [0.25, 0.3) is 5.91 Å². The number of amides is 1. The summed E-state index contributed by atoms with van der Waals surface area (Å²) in [6.45, 7) is 1.11. The molecule has 2 aromatic rings. The van der Waals surface area contributed by atoms with Crippen molar-refractivity contribution in [3.63, 3.8) is 0 Å². The number of benzene rings is 1. The molecule has 0 aliphatic carbocycles. The van der Waals surface area contributed by atoms with Gasteiger partial charge in [0, 0.05) is 32.1 Å². The molecule has 2 N–H and O–H groups in total. The number of nitrogens with one attached hydrogen (secondary N) is 2. The van der Waals surface area contributed by atoms with Crippen molar-refractivity contribution >= 4 is 28.9 Å². The van der Waals surface area contributed by atoms with Gasteiger partial charge in [-0.05, 0) is 30.7 Å². The van der Waals surface area contributed by atoms with Gasteiger partial charge in [0.2, 0.25) is 0 Å². The number of anilines is 2. The van der Waals surface area contributed by atoms with Crippen LogP contribution in [0.3, 0.4) is 0 Å². The molecule has 0 saturated heterocycles. The van der Waals surface area contributed by atoms with Crippen molar-refractivity contribution in [1.29, 1.82) is 0 Å². The van der Waals surface area contributed by atoms with Crippen LogP contribution in [0.4, 0.5) is 15.8 Å². The monoisotopic (exact) mass is 337 g/mol. The number of nitrogens with zero attached hydrogens (tertiary/aromatic N) is 1. The van der Waals surface area contributed by atoms with Crippen LogP contribution in [0, 0.1) is 5.82 Å². The number of ether oxygens (including phenoxy) is 1. The molecule has 5 nitrogen and oxygen atoms in total. The van der Waals surface area contributed by atoms with E-state index in [1.54, 1.807) is 25.4 Å². The average molecular weight is 338 g/mol. The first-order valence-electron chi connectivity index (χ1n) is 7.04. The van der Waals surface area contributed by atoms with Crippen molar-refractivity contribution < 1.29 is 13.9 Å². The number of carbonyl (C=O) groups excluding carboxylic acids is 1. The maximum atomic E-state index is 13.1. The second-order valence-corrected chi connectivity index (χ2v) is 5.23. The number of hydrogen-bond donors (Lipinski definition) is 2. The molecule has 122 valence electrons. The Labute approximate surface area is 138 Å². The van der Waals surface area contributed by atoms with Gasteiger partial charge in [0.05, 0.1) is 22.5 Å². The first kappa shape index (κ1) is 17.2. The van der Waals surface area contributed by atoms with E-state index in [1.807, 2.05) is 0 Å². The predicted molar refractivity (Wildman–Crippen MR) is 87.8 cm³/mol. The zero-order valence-electron chi connectivity index (χ0n) is 12.6. The summed E-state index contributed by atoms with van der Waals surface area (Å²) in [4.78, 5) is 16.1. The Morgan fingerprint density at radius 3 is 2.87 bits per heavy atom. The van der Waals surface area contributed by atoms with Crippen molar-refractivity contribution in [2.24, 2.45) is 0 Å². The number of hydrogen-bond acceptors (Lipinski definition) is 4. The highest BCUT2D eigenvalue weighted by Gasteiger charge is 2.07. The molecule has 0 fully saturated rings. The zero-order valence-corrected chi connectivity index (χ0v) is 13.4. The van der Waals surface area contributed by atoms with E-state index >= 15 is 0 Å². The van der Waals surface area contributed by atoms with Crippen LogP contribution < -0.4 is 10.6 Å². The number of halogens is 2. The van der Waals surface area contributed by atoms with E-state index in [9.17, 15) is 9.18 Å². The van der Waals surface area contributed by atoms with Gasteiger partial charge in [-0.3, -0.25) is 9.78 Å². The van der Waals surface area contributed by atoms with E-state index < -0.39 is 5.82 Å². The molecule has 1 aromatic heterocycles. The van der Waals surface area contributed by atoms with Crippen LogP contribution in [-0.2, 0) is 4.74 Å². The second-order valence-electron chi connectivity index (χ2n) is 4.82. The van der Waals surface area contributed by atoms with Crippen LogP contribution in [0.5, 0.6) is 0 Å². The van der Waals surface area contributed by atoms with Gasteiger partial charge in [-0.1, -0.05) is 11.6 Å². The molecule has 0 aliphatic heterocycles. The minimum Gasteiger partial charge on any atom is -0.385 e. The van der Waals surface area contributed by atoms with Crippen molar-refractivity contribution in [3.8, 4) is 0 Å². The van der Waals surface area contributed by atoms with Crippen molar-refractivity contribution in [1.82, 2.24) is 10.3 Å². The summed E-state index contributed by atoms with van der Waals surface area (Å²) in [5.74, 6) is -0.700. The molecule has 0 unspecified atom stereocenters. The Hall–Kier alpha value is -2.18. The number of methoxy groups -OCH3 is 1. The van der Waals surface area contributed by atoms with Crippen LogP contribution in [0.25, 0.3) is 0 Å². The van der Waals surface area contributed by atoms with Crippen molar-refractivity contribution in [2.45, 2.75) is 6.42 Å². The summed E-state index contributed by atoms with van der Waals surface area (Å²) in [6.07, 6.45) is 3.79. The third-order valence-corrected chi connectivity index (χ3v) is 3.31. The topological polar surface area (TPSA) is 63.2 Å². The van der Waals surface area contributed by atoms with E-state index in [1.165, 1.54) is 18.3 Å². The number of rotatable bonds is 7. The van der Waals surface area contributed by atoms with Crippen LogP contribution in [0.1, 0.15) is 16.8 Å². The van der Waals surface area contributed by atoms with Crippen LogP contribution >= 0.6 is 11.6 Å². The molecule has 1 heterocycles. The first-order chi connectivity index (χ1) is 11.1. The van der Waals surface area contributed by atoms with Crippen molar-refractivity contribution in [2.75, 3.05) is 25.6 Å². The lowest BCUT2D eigenvalue weighted by molar-refractivity contribution is 0.0948. The van der Waals surface area contributed by atoms with Gasteiger partial charge in [-0.25, -0.2) is 4.39 Å². The summed E-state index contributed by atoms with van der Waals surface area (Å²) < 4.78 is 18.1. The Bertz CT molecular complexity index is 682. The van der Waals surface area contributed by atoms with Gasteiger partial charge < -0.3 is 15.4 Å². The minimum absolute atomic E-state index is 0.0231. The molecule has 0 atom stereocenters. The van der Waals surface area contributed by atoms with Crippen LogP contribution in [0.15, 0.2) is 36.7 Å². The molecule has 0 bridgehead atoms. The molecule has 0 radical (unpaired) electrons. The molecule has 1 aromatic carbocycles. The highest BCUT2D eigenvalue weighted by molar-refractivity contribution is 6.31. The molecule has 7 heteroatoms. The number of carbonyl (C=O) groups is 1. The Kier molecular flexibility index (Phi) is 6.31. The van der Waals surface area contributed by atoms with E-state index in [4.69, 9.17) is 16.3 Å². The molecular formula is C16H17ClFN3O2. The van der Waals surface area contributed by atoms with E-state index in [-0.39, 0.29) is 10.9 Å². The van der Waals surface area contributed by atoms with E-state index in [0.717, 1.165) is 6.42 Å². The molecule has 23 heavy (non-hydrogen) atoms. The fraction of sp³-hybridized carbons (Fsp3) is 0.250. The molecule has 1 amide bonds. The average Bonchev–Trinajstić information content (AvgIpc) is 2.55. The summed E-state index contributed by atoms with van der Waals surface area (Å²) in [5.41, 5.74) is 1.65. The SMILES string of the molecule is COCCCNC(=O)c1cncc(Nc2ccc(F)c(Cl)c2)c1. The quantitative estimate of drug-likeness (QED) is 0.760. The lowest BCUT2D eigenvalue weighted by atomic mass is 10.2. The minimum atomic E-state index is -0.487. The first-order valence-corrected chi connectivity index (χ1v) is 7.42. The van der Waals surface area contributed by atoms with Gasteiger partial charge in [-0.15, -0.1) is 0 Å². The fourth-order valence-electron chi connectivity index (χ4n) is 1.89. The van der Waals surface area contributed by atoms with Crippen molar-refractivity contribution in [3.05, 3.63) is 53.1 Å². The molecule has 0 saturated carbocycles. The Balaban J connectivity index is 2.01. The molecule has 0 spiro atoms. The lowest BCUT2D eigenvalue weighted by Crippen LogP contribution is -2.25. The fourth-order valence-corrected chi connectivity index (χ4v) is 2.07. The molecule has 2 rings (SSSR count). The predicted octanol–water partition coefficient (Wildman–Crippen LogP) is 3.38. The standard InChI is InChI=1S/C16H17ClFN3O2/c1-23-6-2-5-20-16(22)11-7-13(10-19-9-11)21-12-3-4-15(18)14(17)8-12/h3-4,7-10,21H,2,5-6H2,1H3,(H,20,22). The molecule has 0 aliphatic rings. The summed E-state index contributed by atoms with van der Waals surface area (Å²) in [7, 11) is 1.61. The van der Waals surface area contributed by atoms with Crippen LogP contribution in [0.2, 0.25) is 5.02 Å². The van der Waals surface area contributed by atoms with Gasteiger partial charge >= 0.3 is 0 Å². The number of aromatic nitrogens is 1. The molecular weight excluding hydrogens is 321 g/mol. The van der Waals surface area contributed by atoms with E-state index in [0.29, 0.717) is 30.1 Å².